The first kappa shape index (κ1) is 22.7. The zero-order valence-electron chi connectivity index (χ0n) is 18.7. The molecule has 1 aromatic rings. The summed E-state index contributed by atoms with van der Waals surface area (Å²) in [6.07, 6.45) is 7.05. The number of alkyl halides is 1. The summed E-state index contributed by atoms with van der Waals surface area (Å²) in [6, 6.07) is 9.99. The van der Waals surface area contributed by atoms with Gasteiger partial charge in [0.1, 0.15) is 19.1 Å². The number of benzene rings is 1. The van der Waals surface area contributed by atoms with Gasteiger partial charge in [-0.3, -0.25) is 4.79 Å². The summed E-state index contributed by atoms with van der Waals surface area (Å²) in [5, 5.41) is 0. The molecule has 3 aliphatic rings. The van der Waals surface area contributed by atoms with E-state index in [-0.39, 0.29) is 25.0 Å². The molecule has 2 aliphatic carbocycles. The van der Waals surface area contributed by atoms with Crippen LogP contribution in [-0.2, 0) is 25.6 Å². The van der Waals surface area contributed by atoms with Gasteiger partial charge in [0.05, 0.1) is 19.1 Å². The van der Waals surface area contributed by atoms with E-state index in [0.29, 0.717) is 36.7 Å². The van der Waals surface area contributed by atoms with Gasteiger partial charge in [0.25, 0.3) is 0 Å². The Labute approximate surface area is 185 Å². The summed E-state index contributed by atoms with van der Waals surface area (Å²) in [7, 11) is 0. The highest BCUT2D eigenvalue weighted by Crippen LogP contribution is 2.48. The van der Waals surface area contributed by atoms with Crippen molar-refractivity contribution in [3.8, 4) is 0 Å². The Balaban J connectivity index is 1.22. The van der Waals surface area contributed by atoms with Crippen LogP contribution in [0.3, 0.4) is 0 Å². The van der Waals surface area contributed by atoms with Gasteiger partial charge in [0, 0.05) is 6.42 Å². The molecule has 3 fully saturated rings. The summed E-state index contributed by atoms with van der Waals surface area (Å²) in [4.78, 5) is 12.1. The molecule has 1 saturated heterocycles. The number of cyclic esters (lactones) is 1. The molecule has 31 heavy (non-hydrogen) atoms. The molecule has 172 valence electrons. The number of esters is 1. The summed E-state index contributed by atoms with van der Waals surface area (Å²) in [5.41, 5.74) is 1.11. The summed E-state index contributed by atoms with van der Waals surface area (Å²) < 4.78 is 31.0. The van der Waals surface area contributed by atoms with E-state index in [1.54, 1.807) is 0 Å². The number of fused-ring (bicyclic) bond motifs is 1. The van der Waals surface area contributed by atoms with Crippen LogP contribution in [0.1, 0.15) is 70.3 Å². The van der Waals surface area contributed by atoms with Gasteiger partial charge < -0.3 is 14.2 Å². The number of ether oxygens (including phenoxy) is 3. The van der Waals surface area contributed by atoms with Crippen molar-refractivity contribution in [1.29, 1.82) is 0 Å². The maximum atomic E-state index is 13.9. The third-order valence-corrected chi connectivity index (χ3v) is 7.79. The first-order valence-corrected chi connectivity index (χ1v) is 12.1. The Morgan fingerprint density at radius 2 is 1.90 bits per heavy atom. The summed E-state index contributed by atoms with van der Waals surface area (Å²) in [6.45, 7) is 3.04. The number of carbonyl (C=O) groups is 1. The van der Waals surface area contributed by atoms with Gasteiger partial charge >= 0.3 is 5.97 Å². The molecule has 4 rings (SSSR count). The number of hydrogen-bond acceptors (Lipinski definition) is 4. The fraction of sp³-hybridized carbons (Fsp3) is 0.731. The van der Waals surface area contributed by atoms with Gasteiger partial charge in [-0.15, -0.1) is 0 Å². The molecule has 7 unspecified atom stereocenters. The minimum atomic E-state index is -0.600. The first-order chi connectivity index (χ1) is 15.1. The second-order valence-electron chi connectivity index (χ2n) is 9.92. The number of hydrogen-bond donors (Lipinski definition) is 0. The van der Waals surface area contributed by atoms with Crippen molar-refractivity contribution in [2.45, 2.75) is 89.7 Å². The second-order valence-corrected chi connectivity index (χ2v) is 9.92. The van der Waals surface area contributed by atoms with Crippen LogP contribution in [0.25, 0.3) is 0 Å². The lowest BCUT2D eigenvalue weighted by Gasteiger charge is -2.46. The van der Waals surface area contributed by atoms with Crippen LogP contribution in [0.5, 0.6) is 0 Å². The largest absolute Gasteiger partial charge is 0.462 e. The number of rotatable bonds is 8. The van der Waals surface area contributed by atoms with Crippen LogP contribution < -0.4 is 0 Å². The number of halogens is 1. The molecule has 1 aliphatic heterocycles. The maximum Gasteiger partial charge on any atom is 0.308 e. The van der Waals surface area contributed by atoms with Crippen LogP contribution in [0.4, 0.5) is 4.39 Å². The molecule has 5 heteroatoms. The Morgan fingerprint density at radius 3 is 2.74 bits per heavy atom. The molecule has 1 heterocycles. The van der Waals surface area contributed by atoms with Crippen molar-refractivity contribution in [2.75, 3.05) is 6.79 Å². The van der Waals surface area contributed by atoms with E-state index in [1.807, 2.05) is 30.3 Å². The SMILES string of the molecule is CC1CCC2CC(F)CCC2C1CCC1CC(OCOCc2ccccc2)CC(=O)O1. The van der Waals surface area contributed by atoms with Gasteiger partial charge in [0.15, 0.2) is 0 Å². The van der Waals surface area contributed by atoms with E-state index < -0.39 is 6.17 Å². The number of carbonyl (C=O) groups excluding carboxylic acids is 1. The van der Waals surface area contributed by atoms with E-state index >= 15 is 0 Å². The molecule has 0 N–H and O–H groups in total. The molecule has 1 aromatic carbocycles. The van der Waals surface area contributed by atoms with E-state index in [4.69, 9.17) is 14.2 Å². The molecule has 0 radical (unpaired) electrons. The van der Waals surface area contributed by atoms with Crippen molar-refractivity contribution >= 4 is 5.97 Å². The van der Waals surface area contributed by atoms with Gasteiger partial charge in [0.2, 0.25) is 0 Å². The van der Waals surface area contributed by atoms with Crippen molar-refractivity contribution in [3.63, 3.8) is 0 Å². The Morgan fingerprint density at radius 1 is 1.06 bits per heavy atom. The summed E-state index contributed by atoms with van der Waals surface area (Å²) in [5.74, 6) is 2.33. The maximum absolute atomic E-state index is 13.9. The van der Waals surface area contributed by atoms with Crippen LogP contribution in [0.15, 0.2) is 30.3 Å². The lowest BCUT2D eigenvalue weighted by molar-refractivity contribution is -0.172. The molecule has 0 spiro atoms. The van der Waals surface area contributed by atoms with E-state index in [9.17, 15) is 9.18 Å². The molecule has 0 bridgehead atoms. The zero-order valence-corrected chi connectivity index (χ0v) is 18.7. The molecular formula is C26H37FO4. The van der Waals surface area contributed by atoms with Gasteiger partial charge in [-0.2, -0.15) is 0 Å². The van der Waals surface area contributed by atoms with Gasteiger partial charge in [-0.05, 0) is 67.8 Å². The van der Waals surface area contributed by atoms with Crippen molar-refractivity contribution in [2.24, 2.45) is 23.7 Å². The predicted molar refractivity (Wildman–Crippen MR) is 117 cm³/mol. The van der Waals surface area contributed by atoms with Crippen molar-refractivity contribution < 1.29 is 23.4 Å². The van der Waals surface area contributed by atoms with Gasteiger partial charge in [-0.1, -0.05) is 43.7 Å². The van der Waals surface area contributed by atoms with Crippen LogP contribution in [0.2, 0.25) is 0 Å². The van der Waals surface area contributed by atoms with Crippen LogP contribution >= 0.6 is 0 Å². The van der Waals surface area contributed by atoms with Crippen LogP contribution in [-0.4, -0.2) is 31.1 Å². The molecule has 0 aromatic heterocycles. The molecule has 7 atom stereocenters. The summed E-state index contributed by atoms with van der Waals surface area (Å²) >= 11 is 0. The lowest BCUT2D eigenvalue weighted by Crippen LogP contribution is -2.39. The third-order valence-electron chi connectivity index (χ3n) is 7.79. The van der Waals surface area contributed by atoms with Gasteiger partial charge in [-0.25, -0.2) is 4.39 Å². The highest BCUT2D eigenvalue weighted by atomic mass is 19.1. The van der Waals surface area contributed by atoms with Crippen molar-refractivity contribution in [1.82, 2.24) is 0 Å². The molecular weight excluding hydrogens is 395 g/mol. The zero-order chi connectivity index (χ0) is 21.6. The lowest BCUT2D eigenvalue weighted by atomic mass is 9.60. The minimum absolute atomic E-state index is 0.0783. The highest BCUT2D eigenvalue weighted by molar-refractivity contribution is 5.71. The molecule has 4 nitrogen and oxygen atoms in total. The van der Waals surface area contributed by atoms with E-state index in [1.165, 1.54) is 12.8 Å². The quantitative estimate of drug-likeness (QED) is 0.294. The highest BCUT2D eigenvalue weighted by Gasteiger charge is 2.41. The average molecular weight is 433 g/mol. The predicted octanol–water partition coefficient (Wildman–Crippen LogP) is 5.83. The second kappa shape index (κ2) is 10.9. The monoisotopic (exact) mass is 432 g/mol. The minimum Gasteiger partial charge on any atom is -0.462 e. The average Bonchev–Trinajstić information content (AvgIpc) is 2.76. The Kier molecular flexibility index (Phi) is 8.00. The third kappa shape index (κ3) is 6.29. The topological polar surface area (TPSA) is 44.8 Å². The Hall–Kier alpha value is -1.46. The molecule has 0 amide bonds. The fourth-order valence-corrected chi connectivity index (χ4v) is 6.14. The first-order valence-electron chi connectivity index (χ1n) is 12.1. The molecule has 2 saturated carbocycles. The van der Waals surface area contributed by atoms with E-state index in [0.717, 1.165) is 44.1 Å². The fourth-order valence-electron chi connectivity index (χ4n) is 6.14. The smallest absolute Gasteiger partial charge is 0.308 e. The van der Waals surface area contributed by atoms with Crippen LogP contribution in [0, 0.1) is 23.7 Å². The van der Waals surface area contributed by atoms with Crippen molar-refractivity contribution in [3.05, 3.63) is 35.9 Å². The normalized spacial score (nSPS) is 35.9. The van der Waals surface area contributed by atoms with E-state index in [2.05, 4.69) is 6.92 Å². The standard InChI is InChI=1S/C26H37FO4/c1-18-7-8-20-13-21(27)9-11-25(20)24(18)12-10-22-14-23(15-26(28)31-22)30-17-29-16-19-5-3-2-4-6-19/h2-6,18,20-25H,7-17H2,1H3. The Bertz CT molecular complexity index is 696.